The number of benzene rings is 1. The van der Waals surface area contributed by atoms with Crippen molar-refractivity contribution >= 4 is 11.7 Å². The molecule has 0 saturated heterocycles. The number of rotatable bonds is 2. The summed E-state index contributed by atoms with van der Waals surface area (Å²) in [7, 11) is 0. The van der Waals surface area contributed by atoms with Crippen molar-refractivity contribution in [3.05, 3.63) is 47.2 Å². The van der Waals surface area contributed by atoms with Gasteiger partial charge >= 0.3 is 0 Å². The summed E-state index contributed by atoms with van der Waals surface area (Å²) in [6.07, 6.45) is 0.631. The van der Waals surface area contributed by atoms with Crippen molar-refractivity contribution in [3.8, 4) is 0 Å². The van der Waals surface area contributed by atoms with E-state index < -0.39 is 0 Å². The molecule has 1 aromatic rings. The molecule has 3 rings (SSSR count). The van der Waals surface area contributed by atoms with Crippen molar-refractivity contribution in [2.24, 2.45) is 17.3 Å². The highest BCUT2D eigenvalue weighted by atomic mass is 16.1. The molecule has 3 heteroatoms. The smallest absolute Gasteiger partial charge is 0.255 e. The van der Waals surface area contributed by atoms with Crippen LogP contribution in [-0.2, 0) is 4.79 Å². The van der Waals surface area contributed by atoms with Crippen LogP contribution in [-0.4, -0.2) is 11.7 Å². The zero-order valence-electron chi connectivity index (χ0n) is 12.1. The van der Waals surface area contributed by atoms with E-state index in [4.69, 9.17) is 0 Å². The zero-order valence-corrected chi connectivity index (χ0v) is 12.1. The van der Waals surface area contributed by atoms with Crippen LogP contribution < -0.4 is 5.32 Å². The van der Waals surface area contributed by atoms with Crippen LogP contribution in [0.15, 0.2) is 41.6 Å². The van der Waals surface area contributed by atoms with E-state index in [9.17, 15) is 9.59 Å². The fraction of sp³-hybridized carbons (Fsp3) is 0.412. The topological polar surface area (TPSA) is 46.2 Å². The lowest BCUT2D eigenvalue weighted by molar-refractivity contribution is -0.115. The number of allylic oxidation sites excluding steroid dienone is 2. The number of fused-ring (bicyclic) bond motifs is 1. The molecular formula is C17H19NO2. The number of nitrogens with one attached hydrogen (secondary N) is 1. The van der Waals surface area contributed by atoms with Crippen LogP contribution in [0.25, 0.3) is 0 Å². The van der Waals surface area contributed by atoms with Gasteiger partial charge in [-0.25, -0.2) is 0 Å². The van der Waals surface area contributed by atoms with Gasteiger partial charge in [0, 0.05) is 23.3 Å². The van der Waals surface area contributed by atoms with Crippen LogP contribution in [0.1, 0.15) is 37.6 Å². The van der Waals surface area contributed by atoms with Gasteiger partial charge in [-0.05, 0) is 36.3 Å². The number of amides is 1. The van der Waals surface area contributed by atoms with Gasteiger partial charge in [-0.15, -0.1) is 0 Å². The second-order valence-electron chi connectivity index (χ2n) is 6.39. The van der Waals surface area contributed by atoms with Crippen molar-refractivity contribution in [2.75, 3.05) is 0 Å². The Morgan fingerprint density at radius 1 is 1.25 bits per heavy atom. The largest absolute Gasteiger partial charge is 0.326 e. The molecule has 0 spiro atoms. The molecule has 0 radical (unpaired) electrons. The molecule has 2 saturated carbocycles. The van der Waals surface area contributed by atoms with Gasteiger partial charge in [0.1, 0.15) is 0 Å². The summed E-state index contributed by atoms with van der Waals surface area (Å²) in [5, 5.41) is 2.88. The Kier molecular flexibility index (Phi) is 2.82. The summed E-state index contributed by atoms with van der Waals surface area (Å²) in [6, 6.07) is 9.08. The molecule has 3 nitrogen and oxygen atoms in total. The number of Topliss-reactive ketones (excluding diaryl/α,β-unsaturated/α-hetero) is 1. The molecule has 1 amide bonds. The first-order valence-electron chi connectivity index (χ1n) is 7.03. The quantitative estimate of drug-likeness (QED) is 0.839. The SMILES string of the molecule is C/C(NC(=O)c1ccccc1)=C1/C(=O)C[C@@H]2[C@H]1C2(C)C. The van der Waals surface area contributed by atoms with Crippen molar-refractivity contribution in [1.82, 2.24) is 5.32 Å². The maximum atomic E-state index is 12.1. The number of hydrogen-bond acceptors (Lipinski definition) is 2. The third-order valence-electron chi connectivity index (χ3n) is 4.81. The van der Waals surface area contributed by atoms with Gasteiger partial charge in [0.05, 0.1) is 0 Å². The Hall–Kier alpha value is -1.90. The second kappa shape index (κ2) is 4.30. The lowest BCUT2D eigenvalue weighted by Crippen LogP contribution is -2.24. The Bertz CT molecular complexity index is 613. The average molecular weight is 269 g/mol. The van der Waals surface area contributed by atoms with Gasteiger partial charge in [-0.1, -0.05) is 32.0 Å². The van der Waals surface area contributed by atoms with Gasteiger partial charge in [0.2, 0.25) is 0 Å². The Morgan fingerprint density at radius 3 is 2.50 bits per heavy atom. The molecule has 104 valence electrons. The molecule has 1 N–H and O–H groups in total. The van der Waals surface area contributed by atoms with Gasteiger partial charge in [0.25, 0.3) is 5.91 Å². The minimum atomic E-state index is -0.148. The van der Waals surface area contributed by atoms with Crippen molar-refractivity contribution in [2.45, 2.75) is 27.2 Å². The van der Waals surface area contributed by atoms with Crippen LogP contribution in [0.3, 0.4) is 0 Å². The Morgan fingerprint density at radius 2 is 1.90 bits per heavy atom. The Labute approximate surface area is 119 Å². The predicted molar refractivity (Wildman–Crippen MR) is 77.0 cm³/mol. The van der Waals surface area contributed by atoms with Crippen molar-refractivity contribution in [3.63, 3.8) is 0 Å². The highest BCUT2D eigenvalue weighted by Gasteiger charge is 2.65. The molecule has 0 aromatic heterocycles. The highest BCUT2D eigenvalue weighted by molar-refractivity contribution is 6.03. The molecule has 0 heterocycles. The first-order valence-corrected chi connectivity index (χ1v) is 7.03. The summed E-state index contributed by atoms with van der Waals surface area (Å²) < 4.78 is 0. The summed E-state index contributed by atoms with van der Waals surface area (Å²) in [5.74, 6) is 0.843. The van der Waals surface area contributed by atoms with E-state index in [1.165, 1.54) is 0 Å². The number of hydrogen-bond donors (Lipinski definition) is 1. The number of ketones is 1. The molecule has 2 aliphatic carbocycles. The van der Waals surface area contributed by atoms with E-state index >= 15 is 0 Å². The molecule has 0 aliphatic heterocycles. The zero-order chi connectivity index (χ0) is 14.5. The van der Waals surface area contributed by atoms with Crippen LogP contribution in [0.2, 0.25) is 0 Å². The van der Waals surface area contributed by atoms with E-state index in [0.29, 0.717) is 23.8 Å². The normalized spacial score (nSPS) is 28.9. The summed E-state index contributed by atoms with van der Waals surface area (Å²) in [5.41, 5.74) is 2.39. The van der Waals surface area contributed by atoms with E-state index in [1.54, 1.807) is 12.1 Å². The standard InChI is InChI=1S/C17H19NO2/c1-10(18-16(20)11-7-5-4-6-8-11)14-13(19)9-12-15(14)17(12,2)3/h4-8,12,15H,9H2,1-3H3,(H,18,20)/b14-10+/t12-,15-/m1/s1. The molecular weight excluding hydrogens is 250 g/mol. The molecule has 1 aromatic carbocycles. The van der Waals surface area contributed by atoms with Gasteiger partial charge < -0.3 is 5.32 Å². The average Bonchev–Trinajstić information content (AvgIpc) is 2.78. The monoisotopic (exact) mass is 269 g/mol. The lowest BCUT2D eigenvalue weighted by atomic mass is 9.95. The fourth-order valence-corrected chi connectivity index (χ4v) is 3.52. The maximum absolute atomic E-state index is 12.1. The predicted octanol–water partition coefficient (Wildman–Crippen LogP) is 2.94. The van der Waals surface area contributed by atoms with E-state index in [0.717, 1.165) is 11.3 Å². The molecule has 20 heavy (non-hydrogen) atoms. The summed E-state index contributed by atoms with van der Waals surface area (Å²) in [6.45, 7) is 6.23. The molecule has 0 bridgehead atoms. The fourth-order valence-electron chi connectivity index (χ4n) is 3.52. The second-order valence-corrected chi connectivity index (χ2v) is 6.39. The summed E-state index contributed by atoms with van der Waals surface area (Å²) >= 11 is 0. The first kappa shape index (κ1) is 13.1. The lowest BCUT2D eigenvalue weighted by Gasteiger charge is -2.13. The number of carbonyl (C=O) groups excluding carboxylic acids is 2. The molecule has 2 aliphatic rings. The Balaban J connectivity index is 1.82. The first-order chi connectivity index (χ1) is 9.43. The van der Waals surface area contributed by atoms with E-state index in [1.807, 2.05) is 25.1 Å². The van der Waals surface area contributed by atoms with Crippen molar-refractivity contribution < 1.29 is 9.59 Å². The van der Waals surface area contributed by atoms with Crippen LogP contribution >= 0.6 is 0 Å². The highest BCUT2D eigenvalue weighted by Crippen LogP contribution is 2.68. The van der Waals surface area contributed by atoms with Crippen LogP contribution in [0, 0.1) is 17.3 Å². The van der Waals surface area contributed by atoms with Crippen LogP contribution in [0.5, 0.6) is 0 Å². The molecule has 0 unspecified atom stereocenters. The maximum Gasteiger partial charge on any atom is 0.255 e. The minimum absolute atomic E-state index is 0.148. The minimum Gasteiger partial charge on any atom is -0.326 e. The van der Waals surface area contributed by atoms with E-state index in [-0.39, 0.29) is 17.1 Å². The third kappa shape index (κ3) is 1.89. The summed E-state index contributed by atoms with van der Waals surface area (Å²) in [4.78, 5) is 24.2. The third-order valence-corrected chi connectivity index (χ3v) is 4.81. The van der Waals surface area contributed by atoms with Crippen LogP contribution in [0.4, 0.5) is 0 Å². The number of carbonyl (C=O) groups is 2. The van der Waals surface area contributed by atoms with E-state index in [2.05, 4.69) is 19.2 Å². The van der Waals surface area contributed by atoms with Gasteiger partial charge in [0.15, 0.2) is 5.78 Å². The van der Waals surface area contributed by atoms with Crippen molar-refractivity contribution in [1.29, 1.82) is 0 Å². The van der Waals surface area contributed by atoms with Gasteiger partial charge in [-0.3, -0.25) is 9.59 Å². The molecule has 2 atom stereocenters. The van der Waals surface area contributed by atoms with Gasteiger partial charge in [-0.2, -0.15) is 0 Å². The molecule has 2 fully saturated rings.